The molecule has 0 aromatic heterocycles. The lowest BCUT2D eigenvalue weighted by atomic mass is 10.0. The van der Waals surface area contributed by atoms with E-state index in [0.717, 1.165) is 32.5 Å². The standard InChI is InChI=1S/C15H22ClN3O2/c1-2-9-18(11-13-5-3-4-8-17-13)15-10-12(16)6-7-14(15)19(20)21/h6-7,10,13,17H,2-5,8-9,11H2,1H3. The van der Waals surface area contributed by atoms with Gasteiger partial charge in [0.2, 0.25) is 0 Å². The van der Waals surface area contributed by atoms with E-state index in [4.69, 9.17) is 11.6 Å². The normalized spacial score (nSPS) is 18.5. The van der Waals surface area contributed by atoms with E-state index in [1.807, 2.05) is 0 Å². The number of hydrogen-bond donors (Lipinski definition) is 1. The third kappa shape index (κ3) is 4.32. The van der Waals surface area contributed by atoms with Gasteiger partial charge < -0.3 is 10.2 Å². The minimum Gasteiger partial charge on any atom is -0.364 e. The highest BCUT2D eigenvalue weighted by atomic mass is 35.5. The molecule has 1 aromatic rings. The van der Waals surface area contributed by atoms with Crippen LogP contribution in [0.2, 0.25) is 5.02 Å². The highest BCUT2D eigenvalue weighted by Gasteiger charge is 2.23. The summed E-state index contributed by atoms with van der Waals surface area (Å²) in [5, 5.41) is 15.3. The average Bonchev–Trinajstić information content (AvgIpc) is 2.47. The zero-order valence-electron chi connectivity index (χ0n) is 12.3. The second-order valence-corrected chi connectivity index (χ2v) is 5.92. The van der Waals surface area contributed by atoms with Crippen LogP contribution in [0.15, 0.2) is 18.2 Å². The summed E-state index contributed by atoms with van der Waals surface area (Å²) in [5.41, 5.74) is 0.755. The summed E-state index contributed by atoms with van der Waals surface area (Å²) in [4.78, 5) is 13.0. The Morgan fingerprint density at radius 3 is 2.90 bits per heavy atom. The number of hydrogen-bond acceptors (Lipinski definition) is 4. The van der Waals surface area contributed by atoms with Gasteiger partial charge in [-0.3, -0.25) is 10.1 Å². The van der Waals surface area contributed by atoms with Crippen LogP contribution in [0.4, 0.5) is 11.4 Å². The molecule has 0 spiro atoms. The van der Waals surface area contributed by atoms with Gasteiger partial charge in [-0.2, -0.15) is 0 Å². The second-order valence-electron chi connectivity index (χ2n) is 5.48. The number of nitrogens with zero attached hydrogens (tertiary/aromatic N) is 2. The van der Waals surface area contributed by atoms with Crippen LogP contribution in [0.1, 0.15) is 32.6 Å². The van der Waals surface area contributed by atoms with Crippen molar-refractivity contribution in [2.45, 2.75) is 38.6 Å². The maximum atomic E-state index is 11.3. The van der Waals surface area contributed by atoms with Gasteiger partial charge in [0.05, 0.1) is 4.92 Å². The van der Waals surface area contributed by atoms with Gasteiger partial charge in [0.15, 0.2) is 0 Å². The van der Waals surface area contributed by atoms with Crippen LogP contribution in [-0.4, -0.2) is 30.6 Å². The van der Waals surface area contributed by atoms with Crippen molar-refractivity contribution in [3.05, 3.63) is 33.3 Å². The van der Waals surface area contributed by atoms with Gasteiger partial charge in [0.1, 0.15) is 5.69 Å². The van der Waals surface area contributed by atoms with Crippen LogP contribution in [0.5, 0.6) is 0 Å². The maximum absolute atomic E-state index is 11.3. The predicted molar refractivity (Wildman–Crippen MR) is 86.3 cm³/mol. The van der Waals surface area contributed by atoms with Gasteiger partial charge in [-0.05, 0) is 37.9 Å². The molecular formula is C15H22ClN3O2. The third-order valence-corrected chi connectivity index (χ3v) is 4.06. The summed E-state index contributed by atoms with van der Waals surface area (Å²) >= 11 is 6.04. The fraction of sp³-hybridized carbons (Fsp3) is 0.600. The molecule has 21 heavy (non-hydrogen) atoms. The largest absolute Gasteiger partial charge is 0.364 e. The molecule has 1 fully saturated rings. The number of rotatable bonds is 6. The smallest absolute Gasteiger partial charge is 0.292 e. The van der Waals surface area contributed by atoms with E-state index < -0.39 is 0 Å². The van der Waals surface area contributed by atoms with Gasteiger partial charge in [0.25, 0.3) is 5.69 Å². The van der Waals surface area contributed by atoms with Crippen molar-refractivity contribution in [2.75, 3.05) is 24.5 Å². The molecule has 2 rings (SSSR count). The lowest BCUT2D eigenvalue weighted by molar-refractivity contribution is -0.384. The molecule has 1 aromatic carbocycles. The van der Waals surface area contributed by atoms with Crippen molar-refractivity contribution in [1.29, 1.82) is 0 Å². The zero-order valence-corrected chi connectivity index (χ0v) is 13.1. The molecule has 0 amide bonds. The van der Waals surface area contributed by atoms with Crippen molar-refractivity contribution in [2.24, 2.45) is 0 Å². The molecular weight excluding hydrogens is 290 g/mol. The minimum atomic E-state index is -0.331. The van der Waals surface area contributed by atoms with Gasteiger partial charge in [0, 0.05) is 30.2 Å². The third-order valence-electron chi connectivity index (χ3n) is 3.82. The van der Waals surface area contributed by atoms with Crippen LogP contribution < -0.4 is 10.2 Å². The van der Waals surface area contributed by atoms with Crippen molar-refractivity contribution in [3.8, 4) is 0 Å². The average molecular weight is 312 g/mol. The molecule has 1 saturated heterocycles. The Labute approximate surface area is 130 Å². The summed E-state index contributed by atoms with van der Waals surface area (Å²) in [5.74, 6) is 0. The van der Waals surface area contributed by atoms with Crippen molar-refractivity contribution in [1.82, 2.24) is 5.32 Å². The Morgan fingerprint density at radius 1 is 1.48 bits per heavy atom. The molecule has 0 radical (unpaired) electrons. The number of nitro benzene ring substituents is 1. The Morgan fingerprint density at radius 2 is 2.29 bits per heavy atom. The molecule has 1 aliphatic rings. The Hall–Kier alpha value is -1.33. The fourth-order valence-corrected chi connectivity index (χ4v) is 3.00. The lowest BCUT2D eigenvalue weighted by Crippen LogP contribution is -2.44. The highest BCUT2D eigenvalue weighted by Crippen LogP contribution is 2.31. The monoisotopic (exact) mass is 311 g/mol. The molecule has 1 heterocycles. The fourth-order valence-electron chi connectivity index (χ4n) is 2.83. The highest BCUT2D eigenvalue weighted by molar-refractivity contribution is 6.31. The van der Waals surface area contributed by atoms with E-state index >= 15 is 0 Å². The Kier molecular flexibility index (Phi) is 5.82. The van der Waals surface area contributed by atoms with Crippen LogP contribution in [-0.2, 0) is 0 Å². The SMILES string of the molecule is CCCN(CC1CCCCN1)c1cc(Cl)ccc1[N+](=O)[O-]. The van der Waals surface area contributed by atoms with Crippen molar-refractivity contribution >= 4 is 23.0 Å². The van der Waals surface area contributed by atoms with Gasteiger partial charge in [-0.1, -0.05) is 24.9 Å². The number of piperidine rings is 1. The first kappa shape index (κ1) is 16.0. The topological polar surface area (TPSA) is 58.4 Å². The van der Waals surface area contributed by atoms with Gasteiger partial charge in [-0.15, -0.1) is 0 Å². The maximum Gasteiger partial charge on any atom is 0.292 e. The van der Waals surface area contributed by atoms with E-state index in [9.17, 15) is 10.1 Å². The molecule has 0 saturated carbocycles. The number of benzene rings is 1. The van der Waals surface area contributed by atoms with Crippen molar-refractivity contribution < 1.29 is 4.92 Å². The summed E-state index contributed by atoms with van der Waals surface area (Å²) in [6, 6.07) is 5.17. The molecule has 5 nitrogen and oxygen atoms in total. The van der Waals surface area contributed by atoms with Crippen LogP contribution in [0, 0.1) is 10.1 Å². The summed E-state index contributed by atoms with van der Waals surface area (Å²) < 4.78 is 0. The first-order chi connectivity index (χ1) is 10.1. The van der Waals surface area contributed by atoms with Crippen molar-refractivity contribution in [3.63, 3.8) is 0 Å². The first-order valence-electron chi connectivity index (χ1n) is 7.54. The van der Waals surface area contributed by atoms with E-state index in [1.165, 1.54) is 18.9 Å². The second kappa shape index (κ2) is 7.61. The molecule has 0 aliphatic carbocycles. The molecule has 1 unspecified atom stereocenters. The van der Waals surface area contributed by atoms with E-state index in [1.54, 1.807) is 12.1 Å². The van der Waals surface area contributed by atoms with E-state index in [2.05, 4.69) is 17.1 Å². The molecule has 1 atom stereocenters. The predicted octanol–water partition coefficient (Wildman–Crippen LogP) is 3.61. The van der Waals surface area contributed by atoms with E-state index in [0.29, 0.717) is 16.8 Å². The summed E-state index contributed by atoms with van der Waals surface area (Å²) in [6.07, 6.45) is 4.49. The lowest BCUT2D eigenvalue weighted by Gasteiger charge is -2.31. The number of anilines is 1. The first-order valence-corrected chi connectivity index (χ1v) is 7.92. The number of nitrogens with one attached hydrogen (secondary N) is 1. The molecule has 116 valence electrons. The quantitative estimate of drug-likeness (QED) is 0.644. The van der Waals surface area contributed by atoms with Crippen LogP contribution >= 0.6 is 11.6 Å². The summed E-state index contributed by atoms with van der Waals surface area (Å²) in [6.45, 7) is 4.69. The molecule has 6 heteroatoms. The molecule has 1 aliphatic heterocycles. The number of nitro groups is 1. The molecule has 0 bridgehead atoms. The summed E-state index contributed by atoms with van der Waals surface area (Å²) in [7, 11) is 0. The van der Waals surface area contributed by atoms with Crippen LogP contribution in [0.3, 0.4) is 0 Å². The van der Waals surface area contributed by atoms with Gasteiger partial charge in [-0.25, -0.2) is 0 Å². The van der Waals surface area contributed by atoms with Crippen LogP contribution in [0.25, 0.3) is 0 Å². The van der Waals surface area contributed by atoms with E-state index in [-0.39, 0.29) is 10.6 Å². The Bertz CT molecular complexity index is 490. The van der Waals surface area contributed by atoms with Gasteiger partial charge >= 0.3 is 0 Å². The minimum absolute atomic E-state index is 0.128. The zero-order chi connectivity index (χ0) is 15.2. The Balaban J connectivity index is 2.23. The number of halogens is 1. The molecule has 1 N–H and O–H groups in total.